The molecule has 0 radical (unpaired) electrons. The molecule has 130 valence electrons. The second-order valence-corrected chi connectivity index (χ2v) is 5.24. The Morgan fingerprint density at radius 3 is 2.52 bits per heavy atom. The van der Waals surface area contributed by atoms with Crippen LogP contribution in [-0.4, -0.2) is 23.3 Å². The van der Waals surface area contributed by atoms with Crippen LogP contribution in [0.15, 0.2) is 59.1 Å². The van der Waals surface area contributed by atoms with Crippen molar-refractivity contribution in [1.29, 1.82) is 0 Å². The minimum atomic E-state index is -2.92. The third-order valence-electron chi connectivity index (χ3n) is 3.64. The minimum Gasteiger partial charge on any atom is -0.434 e. The number of hydrogen-bond acceptors (Lipinski definition) is 5. The fourth-order valence-electron chi connectivity index (χ4n) is 2.47. The highest BCUT2D eigenvalue weighted by atomic mass is 19.3. The van der Waals surface area contributed by atoms with Crippen molar-refractivity contribution < 1.29 is 18.0 Å². The van der Waals surface area contributed by atoms with Crippen molar-refractivity contribution in [3.63, 3.8) is 0 Å². The third kappa shape index (κ3) is 4.12. The second kappa shape index (κ2) is 7.74. The summed E-state index contributed by atoms with van der Waals surface area (Å²) in [7, 11) is 0. The summed E-state index contributed by atoms with van der Waals surface area (Å²) in [5.74, 6) is 0.628. The molecule has 0 saturated carbocycles. The molecule has 0 amide bonds. The van der Waals surface area contributed by atoms with E-state index in [1.165, 1.54) is 6.07 Å². The second-order valence-electron chi connectivity index (χ2n) is 5.24. The van der Waals surface area contributed by atoms with Gasteiger partial charge in [-0.3, -0.25) is 0 Å². The number of rotatable bonds is 7. The molecule has 0 N–H and O–H groups in total. The first-order chi connectivity index (χ1) is 12.2. The first-order valence-corrected chi connectivity index (χ1v) is 7.84. The van der Waals surface area contributed by atoms with E-state index in [9.17, 15) is 8.78 Å². The lowest BCUT2D eigenvalue weighted by molar-refractivity contribution is -0.0494. The van der Waals surface area contributed by atoms with Crippen LogP contribution in [-0.2, 0) is 6.54 Å². The summed E-state index contributed by atoms with van der Waals surface area (Å²) in [6, 6.07) is 16.2. The predicted octanol–water partition coefficient (Wildman–Crippen LogP) is 4.36. The Hall–Kier alpha value is -2.96. The number of aromatic nitrogens is 2. The van der Waals surface area contributed by atoms with E-state index >= 15 is 0 Å². The molecule has 3 rings (SSSR count). The summed E-state index contributed by atoms with van der Waals surface area (Å²) >= 11 is 0. The van der Waals surface area contributed by atoms with Gasteiger partial charge in [-0.15, -0.1) is 0 Å². The van der Waals surface area contributed by atoms with E-state index in [-0.39, 0.29) is 11.6 Å². The number of benzene rings is 2. The van der Waals surface area contributed by atoms with Gasteiger partial charge in [0.2, 0.25) is 11.7 Å². The normalized spacial score (nSPS) is 10.9. The van der Waals surface area contributed by atoms with Crippen molar-refractivity contribution >= 4 is 5.69 Å². The number of halogens is 2. The molecule has 0 aliphatic carbocycles. The van der Waals surface area contributed by atoms with E-state index in [4.69, 9.17) is 4.52 Å². The number of hydrogen-bond donors (Lipinski definition) is 0. The van der Waals surface area contributed by atoms with Crippen LogP contribution >= 0.6 is 0 Å². The highest BCUT2D eigenvalue weighted by Gasteiger charge is 2.17. The van der Waals surface area contributed by atoms with Crippen LogP contribution in [0.1, 0.15) is 12.8 Å². The summed E-state index contributed by atoms with van der Waals surface area (Å²) in [5.41, 5.74) is 1.40. The summed E-state index contributed by atoms with van der Waals surface area (Å²) in [4.78, 5) is 6.39. The molecule has 0 bridgehead atoms. The van der Waals surface area contributed by atoms with Gasteiger partial charge >= 0.3 is 6.61 Å². The van der Waals surface area contributed by atoms with Gasteiger partial charge in [0.25, 0.3) is 0 Å². The van der Waals surface area contributed by atoms with Gasteiger partial charge in [-0.25, -0.2) is 0 Å². The zero-order valence-electron chi connectivity index (χ0n) is 13.6. The van der Waals surface area contributed by atoms with E-state index in [2.05, 4.69) is 19.8 Å². The molecule has 5 nitrogen and oxygen atoms in total. The first-order valence-electron chi connectivity index (χ1n) is 7.84. The Bertz CT molecular complexity index is 809. The highest BCUT2D eigenvalue weighted by molar-refractivity contribution is 5.63. The lowest BCUT2D eigenvalue weighted by atomic mass is 10.2. The monoisotopic (exact) mass is 345 g/mol. The maximum absolute atomic E-state index is 12.5. The zero-order valence-corrected chi connectivity index (χ0v) is 13.6. The third-order valence-corrected chi connectivity index (χ3v) is 3.64. The fraction of sp³-hybridized carbons (Fsp3) is 0.222. The molecule has 0 aliphatic rings. The smallest absolute Gasteiger partial charge is 0.387 e. The van der Waals surface area contributed by atoms with Crippen LogP contribution in [0.5, 0.6) is 5.75 Å². The van der Waals surface area contributed by atoms with Gasteiger partial charge in [0.1, 0.15) is 5.75 Å². The molecule has 0 spiro atoms. The zero-order chi connectivity index (χ0) is 17.6. The standard InChI is InChI=1S/C18H17F2N3O2/c1-2-23(13-8-4-3-5-9-13)12-16-21-17(22-25-16)14-10-6-7-11-15(14)24-18(19)20/h3-11,18H,2,12H2,1H3. The van der Waals surface area contributed by atoms with Gasteiger partial charge < -0.3 is 14.2 Å². The van der Waals surface area contributed by atoms with Crippen LogP contribution in [0.3, 0.4) is 0 Å². The molecule has 0 atom stereocenters. The maximum Gasteiger partial charge on any atom is 0.387 e. The van der Waals surface area contributed by atoms with Crippen LogP contribution in [0, 0.1) is 0 Å². The molecule has 1 heterocycles. The Balaban J connectivity index is 1.81. The molecular weight excluding hydrogens is 328 g/mol. The Labute approximate surface area is 143 Å². The molecule has 0 unspecified atom stereocenters. The lowest BCUT2D eigenvalue weighted by Gasteiger charge is -2.20. The molecule has 0 saturated heterocycles. The van der Waals surface area contributed by atoms with E-state index < -0.39 is 6.61 Å². The Morgan fingerprint density at radius 1 is 1.08 bits per heavy atom. The fourth-order valence-corrected chi connectivity index (χ4v) is 2.47. The van der Waals surface area contributed by atoms with Crippen molar-refractivity contribution in [2.24, 2.45) is 0 Å². The summed E-state index contributed by atoms with van der Waals surface area (Å²) < 4.78 is 34.9. The van der Waals surface area contributed by atoms with Gasteiger partial charge in [0.15, 0.2) is 0 Å². The van der Waals surface area contributed by atoms with Gasteiger partial charge in [0.05, 0.1) is 12.1 Å². The van der Waals surface area contributed by atoms with E-state index in [0.29, 0.717) is 18.0 Å². The number of anilines is 1. The topological polar surface area (TPSA) is 51.4 Å². The Kier molecular flexibility index (Phi) is 5.23. The predicted molar refractivity (Wildman–Crippen MR) is 89.5 cm³/mol. The van der Waals surface area contributed by atoms with Crippen molar-refractivity contribution in [2.45, 2.75) is 20.1 Å². The van der Waals surface area contributed by atoms with E-state index in [1.807, 2.05) is 37.3 Å². The number of nitrogens with zero attached hydrogens (tertiary/aromatic N) is 3. The van der Waals surface area contributed by atoms with Crippen molar-refractivity contribution in [3.8, 4) is 17.1 Å². The SMILES string of the molecule is CCN(Cc1nc(-c2ccccc2OC(F)F)no1)c1ccccc1. The van der Waals surface area contributed by atoms with E-state index in [0.717, 1.165) is 12.2 Å². The number of ether oxygens (including phenoxy) is 1. The summed E-state index contributed by atoms with van der Waals surface area (Å²) in [6.45, 7) is 0.287. The number of para-hydroxylation sites is 2. The Morgan fingerprint density at radius 2 is 1.80 bits per heavy atom. The minimum absolute atomic E-state index is 0.0141. The average molecular weight is 345 g/mol. The maximum atomic E-state index is 12.5. The van der Waals surface area contributed by atoms with Gasteiger partial charge in [-0.05, 0) is 31.2 Å². The average Bonchev–Trinajstić information content (AvgIpc) is 3.09. The molecular formula is C18H17F2N3O2. The van der Waals surface area contributed by atoms with Crippen LogP contribution < -0.4 is 9.64 Å². The van der Waals surface area contributed by atoms with Crippen molar-refractivity contribution in [1.82, 2.24) is 10.1 Å². The number of alkyl halides is 2. The van der Waals surface area contributed by atoms with E-state index in [1.54, 1.807) is 18.2 Å². The van der Waals surface area contributed by atoms with Gasteiger partial charge in [-0.2, -0.15) is 13.8 Å². The summed E-state index contributed by atoms with van der Waals surface area (Å²) in [6.07, 6.45) is 0. The summed E-state index contributed by atoms with van der Waals surface area (Å²) in [5, 5.41) is 3.90. The molecule has 2 aromatic carbocycles. The van der Waals surface area contributed by atoms with Crippen molar-refractivity contribution in [3.05, 3.63) is 60.5 Å². The molecule has 0 aliphatic heterocycles. The van der Waals surface area contributed by atoms with Crippen LogP contribution in [0.25, 0.3) is 11.4 Å². The van der Waals surface area contributed by atoms with Crippen LogP contribution in [0.4, 0.5) is 14.5 Å². The van der Waals surface area contributed by atoms with Crippen LogP contribution in [0.2, 0.25) is 0 Å². The van der Waals surface area contributed by atoms with Crippen molar-refractivity contribution in [2.75, 3.05) is 11.4 Å². The highest BCUT2D eigenvalue weighted by Crippen LogP contribution is 2.29. The molecule has 3 aromatic rings. The molecule has 0 fully saturated rings. The molecule has 1 aromatic heterocycles. The molecule has 25 heavy (non-hydrogen) atoms. The molecule has 7 heteroatoms. The quantitative estimate of drug-likeness (QED) is 0.637. The first kappa shape index (κ1) is 16.9. The largest absolute Gasteiger partial charge is 0.434 e. The lowest BCUT2D eigenvalue weighted by Crippen LogP contribution is -2.22. The van der Waals surface area contributed by atoms with Gasteiger partial charge in [-0.1, -0.05) is 35.5 Å². The van der Waals surface area contributed by atoms with Gasteiger partial charge in [0, 0.05) is 12.2 Å².